The highest BCUT2D eigenvalue weighted by Gasteiger charge is 2.30. The van der Waals surface area contributed by atoms with Gasteiger partial charge in [0, 0.05) is 56.4 Å². The Morgan fingerprint density at radius 2 is 0.941 bits per heavy atom. The Kier molecular flexibility index (Phi) is 21.8. The third kappa shape index (κ3) is 16.3. The van der Waals surface area contributed by atoms with Crippen molar-refractivity contribution in [2.24, 2.45) is 0 Å². The number of ketones is 3. The second kappa shape index (κ2) is 28.6. The number of ether oxygens (including phenoxy) is 3. The number of carbonyl (C=O) groups is 3. The van der Waals surface area contributed by atoms with Crippen molar-refractivity contribution in [1.82, 2.24) is 0 Å². The van der Waals surface area contributed by atoms with Crippen molar-refractivity contribution >= 4 is 82.5 Å². The van der Waals surface area contributed by atoms with E-state index in [1.165, 1.54) is 101 Å². The highest BCUT2D eigenvalue weighted by atomic mass is 32.2. The maximum Gasteiger partial charge on any atom is 0.211 e. The van der Waals surface area contributed by atoms with Gasteiger partial charge in [-0.15, -0.1) is 0 Å². The lowest BCUT2D eigenvalue weighted by Gasteiger charge is -2.16. The van der Waals surface area contributed by atoms with Crippen molar-refractivity contribution in [2.75, 3.05) is 96.8 Å². The molecular formula is C58H70O6S4+4. The van der Waals surface area contributed by atoms with Gasteiger partial charge in [0.25, 0.3) is 0 Å². The van der Waals surface area contributed by atoms with Crippen molar-refractivity contribution < 1.29 is 28.6 Å². The van der Waals surface area contributed by atoms with E-state index >= 15 is 0 Å². The molecule has 0 radical (unpaired) electrons. The van der Waals surface area contributed by atoms with Gasteiger partial charge in [-0.25, -0.2) is 0 Å². The smallest absolute Gasteiger partial charge is 0.211 e. The van der Waals surface area contributed by atoms with Gasteiger partial charge in [-0.3, -0.25) is 14.4 Å². The average molecular weight is 991 g/mol. The number of Topliss-reactive ketones (excluding diaryl/α,β-unsaturated/α-hetero) is 3. The van der Waals surface area contributed by atoms with Crippen LogP contribution in [0.4, 0.5) is 0 Å². The van der Waals surface area contributed by atoms with Crippen LogP contribution in [0.25, 0.3) is 21.5 Å². The molecule has 6 nitrogen and oxygen atoms in total. The highest BCUT2D eigenvalue weighted by molar-refractivity contribution is 7.98. The van der Waals surface area contributed by atoms with Gasteiger partial charge in [0.05, 0.1) is 19.8 Å². The van der Waals surface area contributed by atoms with E-state index < -0.39 is 0 Å². The standard InChI is InChI=1S/C18H23O2S.C16H17OS.C12H15O2S.C12H15OS/c1-19-11-12-20-17-9-10-18(21-13-5-2-6-14-21)16-8-4-3-7-15(16)17;17-16(12-18-9-3-4-10-18)15-8-7-13-5-1-2-6-14(13)11-15;13-12(11-4-2-1-3-5-11)10-15-8-6-14-7-9-15;13-12(10-14-8-4-5-9-14)11-6-2-1-3-7-11/h3-4,7-10H,2,5-6,11-14H2,1H3;1-2,5-8,11H,3-4,9-10,12H2;1-5H,6-10H2;1-3,6-7H,4-5,8-10H2/q4*+1. The van der Waals surface area contributed by atoms with Crippen molar-refractivity contribution in [3.63, 3.8) is 0 Å². The Morgan fingerprint density at radius 3 is 1.51 bits per heavy atom. The van der Waals surface area contributed by atoms with Gasteiger partial charge in [0.1, 0.15) is 58.4 Å². The molecule has 10 heteroatoms. The van der Waals surface area contributed by atoms with Crippen LogP contribution in [-0.2, 0) is 53.1 Å². The van der Waals surface area contributed by atoms with E-state index in [1.807, 2.05) is 84.9 Å². The molecule has 0 atom stereocenters. The number of hydrogen-bond donors (Lipinski definition) is 0. The summed E-state index contributed by atoms with van der Waals surface area (Å²) < 4.78 is 16.2. The van der Waals surface area contributed by atoms with Crippen LogP contribution in [0.5, 0.6) is 5.75 Å². The average Bonchev–Trinajstić information content (AvgIpc) is 4.13. The third-order valence-corrected chi connectivity index (χ3v) is 22.0. The zero-order valence-corrected chi connectivity index (χ0v) is 43.2. The van der Waals surface area contributed by atoms with Crippen molar-refractivity contribution in [1.29, 1.82) is 0 Å². The van der Waals surface area contributed by atoms with Crippen molar-refractivity contribution in [2.45, 2.75) is 49.8 Å². The summed E-state index contributed by atoms with van der Waals surface area (Å²) in [6.07, 6.45) is 9.44. The van der Waals surface area contributed by atoms with Gasteiger partial charge >= 0.3 is 0 Å². The monoisotopic (exact) mass is 990 g/mol. The second-order valence-corrected chi connectivity index (χ2v) is 26.7. The first-order valence-electron chi connectivity index (χ1n) is 24.4. The summed E-state index contributed by atoms with van der Waals surface area (Å²) in [7, 11) is 3.13. The minimum atomic E-state index is 0.250. The number of rotatable bonds is 14. The van der Waals surface area contributed by atoms with Gasteiger partial charge in [0.2, 0.25) is 17.3 Å². The van der Waals surface area contributed by atoms with E-state index in [4.69, 9.17) is 14.2 Å². The van der Waals surface area contributed by atoms with Crippen LogP contribution in [0.1, 0.15) is 76.0 Å². The lowest BCUT2D eigenvalue weighted by molar-refractivity contribution is 0.101. The molecule has 4 fully saturated rings. The number of hydrogen-bond acceptors (Lipinski definition) is 6. The summed E-state index contributed by atoms with van der Waals surface area (Å²) in [6, 6.07) is 46.6. The van der Waals surface area contributed by atoms with Crippen LogP contribution in [0.2, 0.25) is 0 Å². The zero-order valence-electron chi connectivity index (χ0n) is 39.9. The lowest BCUT2D eigenvalue weighted by atomic mass is 10.1. The third-order valence-electron chi connectivity index (χ3n) is 12.5. The molecule has 0 bridgehead atoms. The molecule has 0 spiro atoms. The van der Waals surface area contributed by atoms with E-state index in [0.29, 0.717) is 63.2 Å². The molecular weight excluding hydrogens is 921 g/mol. The first-order valence-corrected chi connectivity index (χ1v) is 31.2. The Morgan fingerprint density at radius 1 is 0.456 bits per heavy atom. The predicted octanol–water partition coefficient (Wildman–Crippen LogP) is 11.3. The minimum Gasteiger partial charge on any atom is -0.491 e. The lowest BCUT2D eigenvalue weighted by Crippen LogP contribution is -2.31. The van der Waals surface area contributed by atoms with E-state index in [2.05, 4.69) is 54.6 Å². The van der Waals surface area contributed by atoms with Gasteiger partial charge in [0.15, 0.2) is 22.2 Å². The van der Waals surface area contributed by atoms with E-state index in [9.17, 15) is 14.4 Å². The molecule has 0 aliphatic carbocycles. The molecule has 10 rings (SSSR count). The van der Waals surface area contributed by atoms with Crippen LogP contribution in [0.15, 0.2) is 144 Å². The summed E-state index contributed by atoms with van der Waals surface area (Å²) in [5, 5.41) is 4.98. The molecule has 6 aromatic carbocycles. The van der Waals surface area contributed by atoms with Gasteiger partial charge < -0.3 is 14.2 Å². The molecule has 68 heavy (non-hydrogen) atoms. The van der Waals surface area contributed by atoms with Gasteiger partial charge in [-0.2, -0.15) is 0 Å². The number of benzene rings is 6. The SMILES string of the molecule is COCCOc1ccc([S+]2CCCCC2)c2ccccc12.O=C(C[S+]1CCCC1)c1ccc2ccccc2c1.O=C(C[S+]1CCCC1)c1ccccc1.O=C(C[S+]1CCOCC1)c1ccccc1. The number of carbonyl (C=O) groups excluding carboxylic acids is 3. The maximum atomic E-state index is 12.3. The fourth-order valence-corrected chi connectivity index (χ4v) is 17.5. The van der Waals surface area contributed by atoms with E-state index in [1.54, 1.807) is 7.11 Å². The molecule has 0 N–H and O–H groups in total. The molecule has 0 unspecified atom stereocenters. The summed E-state index contributed by atoms with van der Waals surface area (Å²) in [6.45, 7) is 2.88. The summed E-state index contributed by atoms with van der Waals surface area (Å²) in [5.41, 5.74) is 2.61. The number of fused-ring (bicyclic) bond motifs is 2. The minimum absolute atomic E-state index is 0.250. The molecule has 4 aliphatic heterocycles. The van der Waals surface area contributed by atoms with Crippen molar-refractivity contribution in [3.8, 4) is 5.75 Å². The molecule has 358 valence electrons. The quantitative estimate of drug-likeness (QED) is 0.0615. The largest absolute Gasteiger partial charge is 0.491 e. The number of methoxy groups -OCH3 is 1. The fraction of sp³-hybridized carbons (Fsp3) is 0.397. The van der Waals surface area contributed by atoms with Crippen molar-refractivity contribution in [3.05, 3.63) is 156 Å². The Labute approximate surface area is 417 Å². The molecule has 4 aliphatic rings. The van der Waals surface area contributed by atoms with Gasteiger partial charge in [-0.1, -0.05) is 115 Å². The summed E-state index contributed by atoms with van der Waals surface area (Å²) >= 11 is 0. The predicted molar refractivity (Wildman–Crippen MR) is 296 cm³/mol. The summed E-state index contributed by atoms with van der Waals surface area (Å²) in [5.74, 6) is 14.1. The zero-order chi connectivity index (χ0) is 47.2. The van der Waals surface area contributed by atoms with Crippen LogP contribution in [0, 0.1) is 0 Å². The Balaban J connectivity index is 0.000000136. The molecule has 4 heterocycles. The molecule has 0 aromatic heterocycles. The maximum absolute atomic E-state index is 12.3. The Bertz CT molecular complexity index is 2460. The van der Waals surface area contributed by atoms with Crippen LogP contribution in [-0.4, -0.2) is 114 Å². The molecule has 0 saturated carbocycles. The normalized spacial score (nSPS) is 16.7. The Hall–Kier alpha value is -4.03. The molecule has 0 amide bonds. The molecule has 6 aromatic rings. The highest BCUT2D eigenvalue weighted by Crippen LogP contribution is 2.34. The summed E-state index contributed by atoms with van der Waals surface area (Å²) in [4.78, 5) is 37.5. The van der Waals surface area contributed by atoms with Crippen LogP contribution >= 0.6 is 0 Å². The van der Waals surface area contributed by atoms with E-state index in [-0.39, 0.29) is 16.7 Å². The molecule has 4 saturated heterocycles. The van der Waals surface area contributed by atoms with Gasteiger partial charge in [-0.05, 0) is 102 Å². The van der Waals surface area contributed by atoms with Crippen LogP contribution in [0.3, 0.4) is 0 Å². The first kappa shape index (κ1) is 51.8. The van der Waals surface area contributed by atoms with Crippen LogP contribution < -0.4 is 4.74 Å². The van der Waals surface area contributed by atoms with E-state index in [0.717, 1.165) is 64.1 Å². The topological polar surface area (TPSA) is 78.9 Å². The second-order valence-electron chi connectivity index (χ2n) is 17.5. The fourth-order valence-electron chi connectivity index (χ4n) is 8.74. The first-order chi connectivity index (χ1) is 33.4.